The summed E-state index contributed by atoms with van der Waals surface area (Å²) in [7, 11) is 0. The van der Waals surface area contributed by atoms with Crippen molar-refractivity contribution in [1.29, 1.82) is 0 Å². The van der Waals surface area contributed by atoms with Crippen LogP contribution in [0.3, 0.4) is 0 Å². The van der Waals surface area contributed by atoms with Gasteiger partial charge in [-0.1, -0.05) is 0 Å². The van der Waals surface area contributed by atoms with E-state index in [0.29, 0.717) is 17.7 Å². The van der Waals surface area contributed by atoms with E-state index in [1.807, 2.05) is 28.8 Å². The van der Waals surface area contributed by atoms with Crippen LogP contribution in [0.5, 0.6) is 0 Å². The van der Waals surface area contributed by atoms with E-state index in [0.717, 1.165) is 22.6 Å². The third-order valence-electron chi connectivity index (χ3n) is 3.92. The maximum atomic E-state index is 7.89. The Morgan fingerprint density at radius 2 is 2.30 bits per heavy atom. The van der Waals surface area contributed by atoms with Crippen LogP contribution in [0.25, 0.3) is 28.1 Å². The van der Waals surface area contributed by atoms with E-state index in [1.54, 1.807) is 18.6 Å². The monoisotopic (exact) mass is 265 g/mol. The van der Waals surface area contributed by atoms with E-state index < -0.39 is 6.98 Å². The Bertz CT molecular complexity index is 1090. The van der Waals surface area contributed by atoms with Crippen LogP contribution >= 0.6 is 0 Å². The summed E-state index contributed by atoms with van der Waals surface area (Å²) in [5.41, 5.74) is 4.10. The van der Waals surface area contributed by atoms with Crippen LogP contribution < -0.4 is 4.57 Å². The highest BCUT2D eigenvalue weighted by Gasteiger charge is 2.33. The Kier molecular flexibility index (Phi) is 1.27. The lowest BCUT2D eigenvalue weighted by molar-refractivity contribution is -0.670. The summed E-state index contributed by atoms with van der Waals surface area (Å²) in [5, 5.41) is 0. The fourth-order valence-electron chi connectivity index (χ4n) is 3.08. The quantitative estimate of drug-likeness (QED) is 0.398. The zero-order chi connectivity index (χ0) is 15.8. The molecule has 0 atom stereocenters. The number of hydrogen-bond acceptors (Lipinski definition) is 2. The first-order chi connectivity index (χ1) is 11.1. The molecule has 4 aromatic heterocycles. The van der Waals surface area contributed by atoms with Gasteiger partial charge in [-0.05, 0) is 12.1 Å². The highest BCUT2D eigenvalue weighted by molar-refractivity contribution is 5.83. The minimum Gasteiger partial charge on any atom is -0.303 e. The van der Waals surface area contributed by atoms with Gasteiger partial charge in [0.05, 0.1) is 17.5 Å². The largest absolute Gasteiger partial charge is 0.303 e. The van der Waals surface area contributed by atoms with E-state index in [4.69, 9.17) is 4.11 Å². The number of aryl methyl sites for hydroxylation is 1. The predicted molar refractivity (Wildman–Crippen MR) is 74.2 cm³/mol. The molecule has 20 heavy (non-hydrogen) atoms. The van der Waals surface area contributed by atoms with Crippen molar-refractivity contribution in [3.05, 3.63) is 48.7 Å². The minimum atomic E-state index is -2.27. The lowest BCUT2D eigenvalue weighted by atomic mass is 10.2. The summed E-state index contributed by atoms with van der Waals surface area (Å²) in [6.07, 6.45) is 6.94. The maximum Gasteiger partial charge on any atom is 0.298 e. The molecule has 0 fully saturated rings. The molecule has 1 aliphatic rings. The second kappa shape index (κ2) is 3.25. The van der Waals surface area contributed by atoms with Gasteiger partial charge >= 0.3 is 0 Å². The van der Waals surface area contributed by atoms with Gasteiger partial charge in [-0.2, -0.15) is 4.40 Å². The SMILES string of the molecule is [2H]C([2H])([2H])n1c2cnccc2n2c3[n+](cc12)Cc1ncccc1-3. The normalized spacial score (nSPS) is 15.9. The van der Waals surface area contributed by atoms with Crippen LogP contribution in [0, 0.1) is 0 Å². The Morgan fingerprint density at radius 1 is 1.30 bits per heavy atom. The molecule has 0 bridgehead atoms. The minimum absolute atomic E-state index is 0.600. The third kappa shape index (κ3) is 1.02. The third-order valence-corrected chi connectivity index (χ3v) is 3.92. The highest BCUT2D eigenvalue weighted by Crippen LogP contribution is 2.30. The van der Waals surface area contributed by atoms with Gasteiger partial charge in [0.2, 0.25) is 5.65 Å². The summed E-state index contributed by atoms with van der Waals surface area (Å²) >= 11 is 0. The molecular formula is C15H12N5+. The molecule has 0 aliphatic carbocycles. The molecule has 0 amide bonds. The molecular weight excluding hydrogens is 250 g/mol. The fraction of sp³-hybridized carbons (Fsp3) is 0.133. The summed E-state index contributed by atoms with van der Waals surface area (Å²) in [6, 6.07) is 5.77. The van der Waals surface area contributed by atoms with Crippen LogP contribution in [0.2, 0.25) is 0 Å². The molecule has 5 heteroatoms. The Labute approximate surface area is 119 Å². The standard InChI is InChI=1S/C15H12N5/c1-18-13-7-16-6-4-12(13)20-14(18)9-19-8-11-10(15(19)20)3-2-5-17-11/h2-7,9H,8H2,1H3/q+1/i1D3. The van der Waals surface area contributed by atoms with E-state index in [-0.39, 0.29) is 0 Å². The average Bonchev–Trinajstić information content (AvgIpc) is 3.11. The summed E-state index contributed by atoms with van der Waals surface area (Å²) < 4.78 is 29.1. The first kappa shape index (κ1) is 7.79. The number of nitrogens with zero attached hydrogens (tertiary/aromatic N) is 5. The lowest BCUT2D eigenvalue weighted by Crippen LogP contribution is -2.29. The molecule has 5 nitrogen and oxygen atoms in total. The lowest BCUT2D eigenvalue weighted by Gasteiger charge is -1.92. The molecule has 0 spiro atoms. The molecule has 0 saturated heterocycles. The molecule has 0 unspecified atom stereocenters. The van der Waals surface area contributed by atoms with Gasteiger partial charge in [0, 0.05) is 29.5 Å². The molecule has 0 aromatic carbocycles. The van der Waals surface area contributed by atoms with E-state index in [1.165, 1.54) is 4.57 Å². The molecule has 0 saturated carbocycles. The smallest absolute Gasteiger partial charge is 0.298 e. The van der Waals surface area contributed by atoms with Crippen molar-refractivity contribution in [3.63, 3.8) is 0 Å². The zero-order valence-electron chi connectivity index (χ0n) is 13.5. The van der Waals surface area contributed by atoms with Crippen LogP contribution in [0.15, 0.2) is 43.0 Å². The highest BCUT2D eigenvalue weighted by atomic mass is 15.2. The van der Waals surface area contributed by atoms with Gasteiger partial charge in [0.25, 0.3) is 5.82 Å². The Morgan fingerprint density at radius 3 is 3.25 bits per heavy atom. The summed E-state index contributed by atoms with van der Waals surface area (Å²) in [6.45, 7) is -1.61. The van der Waals surface area contributed by atoms with E-state index in [2.05, 4.69) is 14.5 Å². The molecule has 0 radical (unpaired) electrons. The number of imidazole rings is 2. The molecule has 1 aliphatic heterocycles. The van der Waals surface area contributed by atoms with Crippen LogP contribution in [0.1, 0.15) is 9.81 Å². The number of aromatic nitrogens is 5. The van der Waals surface area contributed by atoms with Crippen LogP contribution in [0.4, 0.5) is 0 Å². The number of pyridine rings is 2. The van der Waals surface area contributed by atoms with Crippen molar-refractivity contribution < 1.29 is 8.68 Å². The van der Waals surface area contributed by atoms with Crippen molar-refractivity contribution in [2.75, 3.05) is 0 Å². The second-order valence-corrected chi connectivity index (χ2v) is 4.97. The number of hydrogen-bond donors (Lipinski definition) is 0. The molecule has 5 rings (SSSR count). The van der Waals surface area contributed by atoms with Gasteiger partial charge in [0.15, 0.2) is 11.7 Å². The fourth-order valence-corrected chi connectivity index (χ4v) is 3.08. The Balaban J connectivity index is 2.00. The molecule has 4 aromatic rings. The van der Waals surface area contributed by atoms with Gasteiger partial charge < -0.3 is 4.57 Å². The van der Waals surface area contributed by atoms with Crippen molar-refractivity contribution >= 4 is 16.7 Å². The molecule has 5 heterocycles. The molecule has 96 valence electrons. The van der Waals surface area contributed by atoms with Gasteiger partial charge in [-0.25, -0.2) is 4.57 Å². The van der Waals surface area contributed by atoms with Crippen molar-refractivity contribution in [2.24, 2.45) is 6.98 Å². The van der Waals surface area contributed by atoms with E-state index in [9.17, 15) is 0 Å². The predicted octanol–water partition coefficient (Wildman–Crippen LogP) is 1.54. The van der Waals surface area contributed by atoms with E-state index >= 15 is 0 Å². The van der Waals surface area contributed by atoms with Gasteiger partial charge in [0.1, 0.15) is 12.1 Å². The number of fused-ring (bicyclic) bond motifs is 7. The van der Waals surface area contributed by atoms with Crippen molar-refractivity contribution in [3.8, 4) is 11.4 Å². The van der Waals surface area contributed by atoms with Gasteiger partial charge in [-0.15, -0.1) is 0 Å². The zero-order valence-corrected chi connectivity index (χ0v) is 10.5. The molecule has 0 N–H and O–H groups in total. The number of rotatable bonds is 0. The second-order valence-electron chi connectivity index (χ2n) is 4.97. The topological polar surface area (TPSA) is 39.0 Å². The van der Waals surface area contributed by atoms with Crippen LogP contribution in [-0.2, 0) is 13.5 Å². The Hall–Kier alpha value is -2.69. The van der Waals surface area contributed by atoms with Crippen molar-refractivity contribution in [2.45, 2.75) is 6.54 Å². The average molecular weight is 265 g/mol. The first-order valence-corrected chi connectivity index (χ1v) is 6.40. The maximum absolute atomic E-state index is 7.89. The van der Waals surface area contributed by atoms with Crippen LogP contribution in [-0.4, -0.2) is 18.9 Å². The summed E-state index contributed by atoms with van der Waals surface area (Å²) in [5.74, 6) is 0.960. The van der Waals surface area contributed by atoms with Gasteiger partial charge in [-0.3, -0.25) is 9.97 Å². The summed E-state index contributed by atoms with van der Waals surface area (Å²) in [4.78, 5) is 8.52. The van der Waals surface area contributed by atoms with Crippen molar-refractivity contribution in [1.82, 2.24) is 18.9 Å². The first-order valence-electron chi connectivity index (χ1n) is 7.90.